The minimum atomic E-state index is 0.512. The maximum absolute atomic E-state index is 4.44. The molecule has 0 aliphatic carbocycles. The zero-order valence-electron chi connectivity index (χ0n) is 10.6. The third-order valence-electron chi connectivity index (χ3n) is 2.82. The maximum Gasteiger partial charge on any atom is 0.0545 e. The molecule has 0 N–H and O–H groups in total. The van der Waals surface area contributed by atoms with Crippen molar-refractivity contribution in [2.75, 3.05) is 0 Å². The van der Waals surface area contributed by atoms with E-state index in [1.807, 2.05) is 23.6 Å². The monoisotopic (exact) mass is 324 g/mol. The van der Waals surface area contributed by atoms with E-state index in [9.17, 15) is 0 Å². The molecule has 96 valence electrons. The molecule has 0 aliphatic rings. The summed E-state index contributed by atoms with van der Waals surface area (Å²) < 4.78 is 1.03. The molecule has 18 heavy (non-hydrogen) atoms. The number of aromatic nitrogens is 1. The van der Waals surface area contributed by atoms with Gasteiger partial charge >= 0.3 is 0 Å². The number of thiophene rings is 1. The summed E-state index contributed by atoms with van der Waals surface area (Å²) in [6.45, 7) is 6.34. The SMILES string of the molecule is CC(C)N(Cc1ccc(Br)cn1)Cc1cccs1. The number of halogens is 1. The van der Waals surface area contributed by atoms with Crippen LogP contribution in [0.2, 0.25) is 0 Å². The number of pyridine rings is 1. The normalized spacial score (nSPS) is 11.4. The van der Waals surface area contributed by atoms with E-state index in [0.29, 0.717) is 6.04 Å². The number of hydrogen-bond donors (Lipinski definition) is 0. The molecular formula is C14H17BrN2S. The van der Waals surface area contributed by atoms with E-state index < -0.39 is 0 Å². The molecule has 2 nitrogen and oxygen atoms in total. The molecule has 0 aromatic carbocycles. The molecule has 2 aromatic rings. The molecule has 0 spiro atoms. The molecule has 2 rings (SSSR count). The molecule has 0 bridgehead atoms. The summed E-state index contributed by atoms with van der Waals surface area (Å²) in [5.41, 5.74) is 1.11. The first-order valence-corrected chi connectivity index (χ1v) is 7.69. The van der Waals surface area contributed by atoms with Crippen molar-refractivity contribution in [3.05, 3.63) is 50.9 Å². The van der Waals surface area contributed by atoms with Crippen molar-refractivity contribution < 1.29 is 0 Å². The van der Waals surface area contributed by atoms with Gasteiger partial charge in [-0.25, -0.2) is 0 Å². The Balaban J connectivity index is 2.04. The Morgan fingerprint density at radius 2 is 2.11 bits per heavy atom. The first-order chi connectivity index (χ1) is 8.65. The highest BCUT2D eigenvalue weighted by Gasteiger charge is 2.12. The standard InChI is InChI=1S/C14H17BrN2S/c1-11(2)17(10-14-4-3-7-18-14)9-13-6-5-12(15)8-16-13/h3-8,11H,9-10H2,1-2H3. The summed E-state index contributed by atoms with van der Waals surface area (Å²) in [6.07, 6.45) is 1.86. The molecule has 0 atom stereocenters. The van der Waals surface area contributed by atoms with Gasteiger partial charge in [0.05, 0.1) is 5.69 Å². The number of hydrogen-bond acceptors (Lipinski definition) is 3. The van der Waals surface area contributed by atoms with Crippen LogP contribution in [0.3, 0.4) is 0 Å². The second kappa shape index (κ2) is 6.45. The lowest BCUT2D eigenvalue weighted by molar-refractivity contribution is 0.203. The lowest BCUT2D eigenvalue weighted by Gasteiger charge is -2.25. The van der Waals surface area contributed by atoms with Crippen molar-refractivity contribution in [3.8, 4) is 0 Å². The van der Waals surface area contributed by atoms with Crippen molar-refractivity contribution in [2.24, 2.45) is 0 Å². The van der Waals surface area contributed by atoms with E-state index in [2.05, 4.69) is 63.2 Å². The quantitative estimate of drug-likeness (QED) is 0.814. The molecule has 2 heterocycles. The lowest BCUT2D eigenvalue weighted by Crippen LogP contribution is -2.29. The van der Waals surface area contributed by atoms with Gasteiger partial charge in [-0.1, -0.05) is 6.07 Å². The van der Waals surface area contributed by atoms with Gasteiger partial charge in [0.15, 0.2) is 0 Å². The van der Waals surface area contributed by atoms with Crippen LogP contribution in [0.15, 0.2) is 40.3 Å². The Bertz CT molecular complexity index is 465. The van der Waals surface area contributed by atoms with Gasteiger partial charge in [-0.15, -0.1) is 11.3 Å². The van der Waals surface area contributed by atoms with E-state index >= 15 is 0 Å². The average Bonchev–Trinajstić information content (AvgIpc) is 2.84. The molecular weight excluding hydrogens is 308 g/mol. The van der Waals surface area contributed by atoms with Gasteiger partial charge in [0.1, 0.15) is 0 Å². The summed E-state index contributed by atoms with van der Waals surface area (Å²) in [5, 5.41) is 2.13. The van der Waals surface area contributed by atoms with Gasteiger partial charge < -0.3 is 0 Å². The van der Waals surface area contributed by atoms with Crippen molar-refractivity contribution in [1.82, 2.24) is 9.88 Å². The van der Waals surface area contributed by atoms with Crippen LogP contribution in [0.25, 0.3) is 0 Å². The van der Waals surface area contributed by atoms with Gasteiger partial charge in [0, 0.05) is 34.7 Å². The van der Waals surface area contributed by atoms with Crippen LogP contribution in [0.5, 0.6) is 0 Å². The molecule has 0 saturated heterocycles. The predicted octanol–water partition coefficient (Wildman–Crippen LogP) is 4.32. The van der Waals surface area contributed by atoms with Gasteiger partial charge in [-0.05, 0) is 53.4 Å². The Morgan fingerprint density at radius 1 is 1.28 bits per heavy atom. The second-order valence-electron chi connectivity index (χ2n) is 4.55. The van der Waals surface area contributed by atoms with E-state index in [4.69, 9.17) is 0 Å². The Kier molecular flexibility index (Phi) is 4.92. The van der Waals surface area contributed by atoms with Gasteiger partial charge in [-0.2, -0.15) is 0 Å². The largest absolute Gasteiger partial charge is 0.290 e. The number of nitrogens with zero attached hydrogens (tertiary/aromatic N) is 2. The van der Waals surface area contributed by atoms with E-state index in [-0.39, 0.29) is 0 Å². The lowest BCUT2D eigenvalue weighted by atomic mass is 10.2. The predicted molar refractivity (Wildman–Crippen MR) is 80.6 cm³/mol. The van der Waals surface area contributed by atoms with Crippen LogP contribution in [-0.4, -0.2) is 15.9 Å². The average molecular weight is 325 g/mol. The third kappa shape index (κ3) is 3.90. The fraction of sp³-hybridized carbons (Fsp3) is 0.357. The van der Waals surface area contributed by atoms with Crippen LogP contribution in [-0.2, 0) is 13.1 Å². The van der Waals surface area contributed by atoms with Crippen molar-refractivity contribution in [3.63, 3.8) is 0 Å². The first kappa shape index (κ1) is 13.7. The molecule has 0 fully saturated rings. The van der Waals surface area contributed by atoms with Crippen molar-refractivity contribution in [2.45, 2.75) is 33.0 Å². The molecule has 0 amide bonds. The minimum absolute atomic E-state index is 0.512. The van der Waals surface area contributed by atoms with Gasteiger partial charge in [0.25, 0.3) is 0 Å². The Morgan fingerprint density at radius 3 is 2.67 bits per heavy atom. The van der Waals surface area contributed by atoms with Crippen LogP contribution >= 0.6 is 27.3 Å². The highest BCUT2D eigenvalue weighted by atomic mass is 79.9. The zero-order valence-corrected chi connectivity index (χ0v) is 13.0. The highest BCUT2D eigenvalue weighted by molar-refractivity contribution is 9.10. The Labute approximate surface area is 121 Å². The second-order valence-corrected chi connectivity index (χ2v) is 6.49. The molecule has 0 unspecified atom stereocenters. The van der Waals surface area contributed by atoms with Gasteiger partial charge in [0.2, 0.25) is 0 Å². The van der Waals surface area contributed by atoms with Crippen LogP contribution < -0.4 is 0 Å². The molecule has 2 aromatic heterocycles. The third-order valence-corrected chi connectivity index (χ3v) is 4.15. The van der Waals surface area contributed by atoms with E-state index in [1.165, 1.54) is 4.88 Å². The summed E-state index contributed by atoms with van der Waals surface area (Å²) in [7, 11) is 0. The molecule has 4 heteroatoms. The summed E-state index contributed by atoms with van der Waals surface area (Å²) in [6, 6.07) is 8.93. The topological polar surface area (TPSA) is 16.1 Å². The highest BCUT2D eigenvalue weighted by Crippen LogP contribution is 2.16. The molecule has 0 radical (unpaired) electrons. The van der Waals surface area contributed by atoms with Gasteiger partial charge in [-0.3, -0.25) is 9.88 Å². The van der Waals surface area contributed by atoms with Crippen LogP contribution in [0, 0.1) is 0 Å². The summed E-state index contributed by atoms with van der Waals surface area (Å²) in [5.74, 6) is 0. The fourth-order valence-electron chi connectivity index (χ4n) is 1.73. The summed E-state index contributed by atoms with van der Waals surface area (Å²) in [4.78, 5) is 8.28. The van der Waals surface area contributed by atoms with Crippen LogP contribution in [0.4, 0.5) is 0 Å². The smallest absolute Gasteiger partial charge is 0.0545 e. The Hall–Kier alpha value is -0.710. The van der Waals surface area contributed by atoms with Crippen LogP contribution in [0.1, 0.15) is 24.4 Å². The fourth-order valence-corrected chi connectivity index (χ4v) is 2.70. The maximum atomic E-state index is 4.44. The molecule has 0 aliphatic heterocycles. The van der Waals surface area contributed by atoms with Crippen molar-refractivity contribution in [1.29, 1.82) is 0 Å². The minimum Gasteiger partial charge on any atom is -0.290 e. The first-order valence-electron chi connectivity index (χ1n) is 6.02. The number of rotatable bonds is 5. The molecule has 0 saturated carbocycles. The zero-order chi connectivity index (χ0) is 13.0. The van der Waals surface area contributed by atoms with Crippen molar-refractivity contribution >= 4 is 27.3 Å². The van der Waals surface area contributed by atoms with E-state index in [0.717, 1.165) is 23.3 Å². The van der Waals surface area contributed by atoms with E-state index in [1.54, 1.807) is 0 Å². The summed E-state index contributed by atoms with van der Waals surface area (Å²) >= 11 is 5.23.